The van der Waals surface area contributed by atoms with Gasteiger partial charge in [-0.2, -0.15) is 0 Å². The summed E-state index contributed by atoms with van der Waals surface area (Å²) in [5.74, 6) is -0.312. The van der Waals surface area contributed by atoms with Gasteiger partial charge in [0.2, 0.25) is 11.8 Å². The number of hydrogen-bond donors (Lipinski definition) is 2. The molecule has 1 atom stereocenters. The molecule has 0 aliphatic rings. The number of fused-ring (bicyclic) bond motifs is 1. The fourth-order valence-corrected chi connectivity index (χ4v) is 2.18. The summed E-state index contributed by atoms with van der Waals surface area (Å²) in [5.41, 5.74) is 7.21. The quantitative estimate of drug-likeness (QED) is 0.811. The first-order valence-corrected chi connectivity index (χ1v) is 7.27. The minimum atomic E-state index is -0.724. The molecular formula is C16H23ClN4O3. The number of halogens is 1. The summed E-state index contributed by atoms with van der Waals surface area (Å²) in [6.45, 7) is 0.402. The number of nitrogens with one attached hydrogen (secondary N) is 1. The number of ether oxygens (including phenoxy) is 1. The van der Waals surface area contributed by atoms with Crippen LogP contribution in [0.4, 0.5) is 5.69 Å². The van der Waals surface area contributed by atoms with Crippen LogP contribution in [0.5, 0.6) is 0 Å². The molecule has 0 aliphatic carbocycles. The van der Waals surface area contributed by atoms with Crippen molar-refractivity contribution in [3.63, 3.8) is 0 Å². The van der Waals surface area contributed by atoms with Gasteiger partial charge in [0.05, 0.1) is 12.1 Å². The van der Waals surface area contributed by atoms with Crippen LogP contribution in [0, 0.1) is 0 Å². The summed E-state index contributed by atoms with van der Waals surface area (Å²) in [7, 11) is 4.93. The number of anilines is 1. The molecule has 0 spiro atoms. The fraction of sp³-hybridized carbons (Fsp3) is 0.375. The summed E-state index contributed by atoms with van der Waals surface area (Å²) in [6, 6.07) is 6.73. The van der Waals surface area contributed by atoms with E-state index in [4.69, 9.17) is 10.5 Å². The van der Waals surface area contributed by atoms with E-state index in [9.17, 15) is 9.59 Å². The number of hydrogen-bond acceptors (Lipinski definition) is 4. The highest BCUT2D eigenvalue weighted by atomic mass is 35.5. The van der Waals surface area contributed by atoms with Crippen LogP contribution in [0.15, 0.2) is 30.5 Å². The maximum absolute atomic E-state index is 11.9. The zero-order chi connectivity index (χ0) is 17.0. The van der Waals surface area contributed by atoms with Crippen molar-refractivity contribution in [1.29, 1.82) is 0 Å². The summed E-state index contributed by atoms with van der Waals surface area (Å²) >= 11 is 0. The zero-order valence-corrected chi connectivity index (χ0v) is 14.8. The van der Waals surface area contributed by atoms with Gasteiger partial charge in [-0.3, -0.25) is 9.59 Å². The third kappa shape index (κ3) is 4.70. The van der Waals surface area contributed by atoms with Gasteiger partial charge in [-0.25, -0.2) is 0 Å². The minimum Gasteiger partial charge on any atom is -0.383 e. The molecule has 7 nitrogen and oxygen atoms in total. The number of carbonyl (C=O) groups excluding carboxylic acids is 2. The lowest BCUT2D eigenvalue weighted by Gasteiger charge is -2.13. The van der Waals surface area contributed by atoms with Crippen LogP contribution in [-0.4, -0.2) is 55.1 Å². The molecule has 3 N–H and O–H groups in total. The van der Waals surface area contributed by atoms with E-state index in [0.29, 0.717) is 5.69 Å². The van der Waals surface area contributed by atoms with E-state index in [1.807, 2.05) is 29.0 Å². The first-order chi connectivity index (χ1) is 10.9. The third-order valence-electron chi connectivity index (χ3n) is 3.53. The molecule has 0 radical (unpaired) electrons. The Bertz CT molecular complexity index is 714. The van der Waals surface area contributed by atoms with Crippen molar-refractivity contribution < 1.29 is 14.3 Å². The van der Waals surface area contributed by atoms with Gasteiger partial charge in [-0.15, -0.1) is 12.4 Å². The zero-order valence-electron chi connectivity index (χ0n) is 14.0. The summed E-state index contributed by atoms with van der Waals surface area (Å²) < 4.78 is 6.72. The number of rotatable bonds is 6. The number of likely N-dealkylation sites (N-methyl/N-ethyl adjacent to an activating group) is 1. The fourth-order valence-electron chi connectivity index (χ4n) is 2.18. The van der Waals surface area contributed by atoms with Gasteiger partial charge >= 0.3 is 0 Å². The molecule has 8 heteroatoms. The lowest BCUT2D eigenvalue weighted by atomic mass is 10.2. The Hall–Kier alpha value is -2.09. The van der Waals surface area contributed by atoms with E-state index in [1.165, 1.54) is 7.11 Å². The van der Waals surface area contributed by atoms with Crippen molar-refractivity contribution in [3.05, 3.63) is 30.5 Å². The van der Waals surface area contributed by atoms with Crippen LogP contribution < -0.4 is 11.1 Å². The van der Waals surface area contributed by atoms with E-state index in [1.54, 1.807) is 25.1 Å². The highest BCUT2D eigenvalue weighted by Crippen LogP contribution is 2.21. The molecule has 24 heavy (non-hydrogen) atoms. The summed E-state index contributed by atoms with van der Waals surface area (Å²) in [6.07, 6.45) is 1.86. The van der Waals surface area contributed by atoms with Crippen LogP contribution >= 0.6 is 12.4 Å². The topological polar surface area (TPSA) is 89.6 Å². The number of methoxy groups -OCH3 is 1. The Balaban J connectivity index is 0.00000288. The Labute approximate surface area is 147 Å². The van der Waals surface area contributed by atoms with Crippen molar-refractivity contribution in [2.75, 3.05) is 33.1 Å². The van der Waals surface area contributed by atoms with Gasteiger partial charge in [0, 0.05) is 33.1 Å². The van der Waals surface area contributed by atoms with Crippen molar-refractivity contribution in [2.24, 2.45) is 5.73 Å². The Morgan fingerprint density at radius 1 is 1.33 bits per heavy atom. The van der Waals surface area contributed by atoms with Gasteiger partial charge in [0.1, 0.15) is 12.6 Å². The molecular weight excluding hydrogens is 332 g/mol. The first kappa shape index (κ1) is 20.0. The standard InChI is InChI=1S/C16H22N4O3.ClH/c1-19(2)15(21)9-20-7-6-11-4-5-12(8-14(11)20)18-16(22)13(17)10-23-3;/h4-8,13H,9-10,17H2,1-3H3,(H,18,22);1H. The smallest absolute Gasteiger partial charge is 0.243 e. The average molecular weight is 355 g/mol. The number of nitrogens with two attached hydrogens (primary N) is 1. The van der Waals surface area contributed by atoms with E-state index < -0.39 is 6.04 Å². The van der Waals surface area contributed by atoms with E-state index >= 15 is 0 Å². The van der Waals surface area contributed by atoms with E-state index in [2.05, 4.69) is 5.32 Å². The van der Waals surface area contributed by atoms with E-state index in [0.717, 1.165) is 10.9 Å². The average Bonchev–Trinajstić information content (AvgIpc) is 2.90. The van der Waals surface area contributed by atoms with Crippen LogP contribution in [0.2, 0.25) is 0 Å². The highest BCUT2D eigenvalue weighted by Gasteiger charge is 2.14. The van der Waals surface area contributed by atoms with Crippen LogP contribution in [0.3, 0.4) is 0 Å². The van der Waals surface area contributed by atoms with Crippen LogP contribution in [0.1, 0.15) is 0 Å². The number of nitrogens with zero attached hydrogens (tertiary/aromatic N) is 2. The van der Waals surface area contributed by atoms with Gasteiger partial charge in [-0.05, 0) is 23.6 Å². The molecule has 132 valence electrons. The lowest BCUT2D eigenvalue weighted by Crippen LogP contribution is -2.39. The molecule has 1 aromatic carbocycles. The molecule has 1 unspecified atom stereocenters. The van der Waals surface area contributed by atoms with Crippen LogP contribution in [-0.2, 0) is 20.9 Å². The van der Waals surface area contributed by atoms with Crippen molar-refractivity contribution in [1.82, 2.24) is 9.47 Å². The molecule has 0 saturated heterocycles. The Kier molecular flexibility index (Phi) is 7.21. The Morgan fingerprint density at radius 2 is 2.04 bits per heavy atom. The normalized spacial score (nSPS) is 11.7. The third-order valence-corrected chi connectivity index (χ3v) is 3.53. The van der Waals surface area contributed by atoms with E-state index in [-0.39, 0.29) is 37.4 Å². The molecule has 0 saturated carbocycles. The second-order valence-corrected chi connectivity index (χ2v) is 5.56. The molecule has 2 amide bonds. The minimum absolute atomic E-state index is 0. The van der Waals surface area contributed by atoms with Crippen LogP contribution in [0.25, 0.3) is 10.9 Å². The van der Waals surface area contributed by atoms with Gasteiger partial charge in [-0.1, -0.05) is 6.07 Å². The van der Waals surface area contributed by atoms with Gasteiger partial charge < -0.3 is 25.3 Å². The van der Waals surface area contributed by atoms with Crippen molar-refractivity contribution >= 4 is 40.8 Å². The SMILES string of the molecule is COCC(N)C(=O)Nc1ccc2ccn(CC(=O)N(C)C)c2c1.Cl. The largest absolute Gasteiger partial charge is 0.383 e. The number of amides is 2. The Morgan fingerprint density at radius 3 is 2.67 bits per heavy atom. The van der Waals surface area contributed by atoms with Crippen molar-refractivity contribution in [3.8, 4) is 0 Å². The molecule has 0 bridgehead atoms. The van der Waals surface area contributed by atoms with Gasteiger partial charge in [0.15, 0.2) is 0 Å². The second kappa shape index (κ2) is 8.68. The molecule has 0 aliphatic heterocycles. The number of benzene rings is 1. The number of carbonyl (C=O) groups is 2. The highest BCUT2D eigenvalue weighted by molar-refractivity contribution is 5.97. The monoisotopic (exact) mass is 354 g/mol. The maximum Gasteiger partial charge on any atom is 0.243 e. The predicted molar refractivity (Wildman–Crippen MR) is 96.4 cm³/mol. The molecule has 0 fully saturated rings. The molecule has 1 heterocycles. The second-order valence-electron chi connectivity index (χ2n) is 5.56. The lowest BCUT2D eigenvalue weighted by molar-refractivity contribution is -0.129. The molecule has 2 aromatic rings. The number of aromatic nitrogens is 1. The first-order valence-electron chi connectivity index (χ1n) is 7.27. The molecule has 1 aromatic heterocycles. The summed E-state index contributed by atoms with van der Waals surface area (Å²) in [4.78, 5) is 25.4. The summed E-state index contributed by atoms with van der Waals surface area (Å²) in [5, 5.41) is 3.76. The maximum atomic E-state index is 11.9. The molecule has 2 rings (SSSR count). The predicted octanol–water partition coefficient (Wildman–Crippen LogP) is 1.06. The van der Waals surface area contributed by atoms with Gasteiger partial charge in [0.25, 0.3) is 0 Å². The van der Waals surface area contributed by atoms with Crippen molar-refractivity contribution in [2.45, 2.75) is 12.6 Å².